The van der Waals surface area contributed by atoms with E-state index in [1.807, 2.05) is 30.3 Å². The summed E-state index contributed by atoms with van der Waals surface area (Å²) in [5.41, 5.74) is 2.42. The summed E-state index contributed by atoms with van der Waals surface area (Å²) in [4.78, 5) is 23.6. The first-order valence-electron chi connectivity index (χ1n) is 8.71. The van der Waals surface area contributed by atoms with E-state index in [0.29, 0.717) is 17.1 Å². The number of carboxylic acids is 1. The van der Waals surface area contributed by atoms with Gasteiger partial charge in [0.05, 0.1) is 30.4 Å². The lowest BCUT2D eigenvalue weighted by molar-refractivity contribution is -0.141. The Morgan fingerprint density at radius 3 is 2.57 bits per heavy atom. The first kappa shape index (κ1) is 21.3. The normalized spacial score (nSPS) is 11.3. The molecule has 0 fully saturated rings. The molecule has 2 aromatic carbocycles. The zero-order valence-corrected chi connectivity index (χ0v) is 16.4. The Balaban J connectivity index is 1.80. The third kappa shape index (κ3) is 6.63. The molecule has 0 bridgehead atoms. The van der Waals surface area contributed by atoms with Crippen molar-refractivity contribution in [2.45, 2.75) is 12.2 Å². The Labute approximate surface area is 168 Å². The van der Waals surface area contributed by atoms with Gasteiger partial charge in [0.2, 0.25) is 5.91 Å². The van der Waals surface area contributed by atoms with Gasteiger partial charge < -0.3 is 15.2 Å². The Morgan fingerprint density at radius 2 is 1.93 bits per heavy atom. The van der Waals surface area contributed by atoms with Crippen molar-refractivity contribution in [3.63, 3.8) is 0 Å². The van der Waals surface area contributed by atoms with E-state index in [2.05, 4.69) is 11.4 Å². The van der Waals surface area contributed by atoms with E-state index < -0.39 is 11.9 Å². The smallest absolute Gasteiger partial charge is 0.308 e. The van der Waals surface area contributed by atoms with Gasteiger partial charge in [0, 0.05) is 12.3 Å². The number of nitrogens with one attached hydrogen (secondary N) is 1. The molecule has 2 aromatic rings. The first-order valence-corrected chi connectivity index (χ1v) is 9.87. The second-order valence-electron chi connectivity index (χ2n) is 6.16. The Hall–Kier alpha value is -2.98. The molecule has 0 aliphatic heterocycles. The number of nitrogens with zero attached hydrogens (tertiary/aromatic N) is 1. The van der Waals surface area contributed by atoms with Crippen molar-refractivity contribution in [1.29, 1.82) is 5.26 Å². The van der Waals surface area contributed by atoms with Crippen LogP contribution in [0.3, 0.4) is 0 Å². The Morgan fingerprint density at radius 1 is 1.21 bits per heavy atom. The lowest BCUT2D eigenvalue weighted by Gasteiger charge is -2.15. The number of carbonyl (C=O) groups excluding carboxylic acids is 1. The summed E-state index contributed by atoms with van der Waals surface area (Å²) < 4.78 is 5.26. The van der Waals surface area contributed by atoms with Crippen LogP contribution < -0.4 is 10.1 Å². The first-order chi connectivity index (χ1) is 13.5. The standard InChI is InChI=1S/C21H22N2O4S/c1-27-19-5-3-2-4-17(19)10-18(21(25)26)12-23-20(24)14-28-13-16-8-6-15(11-22)7-9-16/h2-9,18H,10,12-14H2,1H3,(H,23,24)(H,25,26). The minimum Gasteiger partial charge on any atom is -0.496 e. The van der Waals surface area contributed by atoms with Crippen LogP contribution in [0.15, 0.2) is 48.5 Å². The number of hydrogen-bond donors (Lipinski definition) is 2. The average Bonchev–Trinajstić information content (AvgIpc) is 2.71. The molecule has 0 spiro atoms. The molecule has 2 N–H and O–H groups in total. The fourth-order valence-electron chi connectivity index (χ4n) is 2.61. The SMILES string of the molecule is COc1ccccc1CC(CNC(=O)CSCc1ccc(C#N)cc1)C(=O)O. The van der Waals surface area contributed by atoms with Crippen molar-refractivity contribution in [3.05, 3.63) is 65.2 Å². The van der Waals surface area contributed by atoms with Crippen LogP contribution in [0.4, 0.5) is 0 Å². The third-order valence-corrected chi connectivity index (χ3v) is 5.14. The van der Waals surface area contributed by atoms with Crippen LogP contribution in [0, 0.1) is 17.2 Å². The molecular weight excluding hydrogens is 376 g/mol. The van der Waals surface area contributed by atoms with E-state index in [-0.39, 0.29) is 24.6 Å². The minimum absolute atomic E-state index is 0.0592. The molecule has 0 aromatic heterocycles. The van der Waals surface area contributed by atoms with E-state index in [9.17, 15) is 14.7 Å². The maximum atomic E-state index is 12.0. The molecule has 0 aliphatic rings. The number of rotatable bonds is 10. The number of carboxylic acid groups (broad SMARTS) is 1. The summed E-state index contributed by atoms with van der Waals surface area (Å²) in [5, 5.41) is 20.9. The van der Waals surface area contributed by atoms with Gasteiger partial charge in [-0.1, -0.05) is 30.3 Å². The lowest BCUT2D eigenvalue weighted by Crippen LogP contribution is -2.35. The quantitative estimate of drug-likeness (QED) is 0.638. The highest BCUT2D eigenvalue weighted by Crippen LogP contribution is 2.21. The summed E-state index contributed by atoms with van der Waals surface area (Å²) in [6.45, 7) is 0.0592. The molecule has 1 atom stereocenters. The molecular formula is C21H22N2O4S. The number of methoxy groups -OCH3 is 1. The largest absolute Gasteiger partial charge is 0.496 e. The molecule has 28 heavy (non-hydrogen) atoms. The van der Waals surface area contributed by atoms with Gasteiger partial charge in [-0.05, 0) is 35.7 Å². The van der Waals surface area contributed by atoms with Gasteiger partial charge in [-0.15, -0.1) is 11.8 Å². The summed E-state index contributed by atoms with van der Waals surface area (Å²) in [6, 6.07) is 16.5. The second kappa shape index (κ2) is 11.0. The van der Waals surface area contributed by atoms with E-state index in [0.717, 1.165) is 11.1 Å². The molecule has 0 saturated carbocycles. The number of carbonyl (C=O) groups is 2. The van der Waals surface area contributed by atoms with Crippen LogP contribution >= 0.6 is 11.8 Å². The molecule has 2 rings (SSSR count). The van der Waals surface area contributed by atoms with Crippen LogP contribution in [-0.4, -0.2) is 36.4 Å². The van der Waals surface area contributed by atoms with Gasteiger partial charge in [-0.3, -0.25) is 9.59 Å². The molecule has 0 aliphatic carbocycles. The molecule has 146 valence electrons. The number of benzene rings is 2. The van der Waals surface area contributed by atoms with Crippen molar-refractivity contribution in [3.8, 4) is 11.8 Å². The maximum absolute atomic E-state index is 12.0. The van der Waals surface area contributed by atoms with E-state index in [4.69, 9.17) is 10.00 Å². The fraction of sp³-hybridized carbons (Fsp3) is 0.286. The summed E-state index contributed by atoms with van der Waals surface area (Å²) >= 11 is 1.44. The summed E-state index contributed by atoms with van der Waals surface area (Å²) in [6.07, 6.45) is 0.276. The number of ether oxygens (including phenoxy) is 1. The number of nitriles is 1. The highest BCUT2D eigenvalue weighted by Gasteiger charge is 2.20. The van der Waals surface area contributed by atoms with Crippen molar-refractivity contribution < 1.29 is 19.4 Å². The van der Waals surface area contributed by atoms with E-state index in [1.165, 1.54) is 11.8 Å². The number of amides is 1. The monoisotopic (exact) mass is 398 g/mol. The number of hydrogen-bond acceptors (Lipinski definition) is 5. The highest BCUT2D eigenvalue weighted by molar-refractivity contribution is 7.99. The molecule has 0 radical (unpaired) electrons. The number of thioether (sulfide) groups is 1. The number of para-hydroxylation sites is 1. The minimum atomic E-state index is -0.962. The molecule has 0 saturated heterocycles. The lowest BCUT2D eigenvalue weighted by atomic mass is 9.98. The molecule has 6 nitrogen and oxygen atoms in total. The predicted octanol–water partition coefficient (Wildman–Crippen LogP) is 2.86. The van der Waals surface area contributed by atoms with Crippen LogP contribution in [0.5, 0.6) is 5.75 Å². The molecule has 1 unspecified atom stereocenters. The maximum Gasteiger partial charge on any atom is 0.308 e. The zero-order valence-electron chi connectivity index (χ0n) is 15.6. The highest BCUT2D eigenvalue weighted by atomic mass is 32.2. The van der Waals surface area contributed by atoms with Crippen molar-refractivity contribution >= 4 is 23.6 Å². The van der Waals surface area contributed by atoms with E-state index >= 15 is 0 Å². The van der Waals surface area contributed by atoms with Gasteiger partial charge >= 0.3 is 5.97 Å². The third-order valence-electron chi connectivity index (χ3n) is 4.14. The second-order valence-corrected chi connectivity index (χ2v) is 7.14. The predicted molar refractivity (Wildman–Crippen MR) is 108 cm³/mol. The average molecular weight is 398 g/mol. The van der Waals surface area contributed by atoms with Crippen molar-refractivity contribution in [1.82, 2.24) is 5.32 Å². The van der Waals surface area contributed by atoms with Gasteiger partial charge in [0.1, 0.15) is 5.75 Å². The zero-order chi connectivity index (χ0) is 20.4. The Bertz CT molecular complexity index is 846. The van der Waals surface area contributed by atoms with Gasteiger partial charge in [0.25, 0.3) is 0 Å². The van der Waals surface area contributed by atoms with Crippen LogP contribution in [0.2, 0.25) is 0 Å². The van der Waals surface area contributed by atoms with Crippen LogP contribution in [0.25, 0.3) is 0 Å². The Kier molecular flexibility index (Phi) is 8.37. The van der Waals surface area contributed by atoms with Gasteiger partial charge in [0.15, 0.2) is 0 Å². The molecule has 1 amide bonds. The molecule has 0 heterocycles. The van der Waals surface area contributed by atoms with Crippen LogP contribution in [-0.2, 0) is 21.8 Å². The van der Waals surface area contributed by atoms with E-state index in [1.54, 1.807) is 25.3 Å². The summed E-state index contributed by atoms with van der Waals surface area (Å²) in [7, 11) is 1.54. The van der Waals surface area contributed by atoms with Gasteiger partial charge in [-0.2, -0.15) is 5.26 Å². The van der Waals surface area contributed by atoms with Gasteiger partial charge in [-0.25, -0.2) is 0 Å². The van der Waals surface area contributed by atoms with Crippen LogP contribution in [0.1, 0.15) is 16.7 Å². The van der Waals surface area contributed by atoms with Crippen molar-refractivity contribution in [2.24, 2.45) is 5.92 Å². The molecule has 7 heteroatoms. The number of aliphatic carboxylic acids is 1. The fourth-order valence-corrected chi connectivity index (χ4v) is 3.43. The summed E-state index contributed by atoms with van der Waals surface area (Å²) in [5.74, 6) is -0.382. The van der Waals surface area contributed by atoms with Crippen molar-refractivity contribution in [2.75, 3.05) is 19.4 Å². The topological polar surface area (TPSA) is 99.4 Å².